The second kappa shape index (κ2) is 9.41. The number of nitrogens with zero attached hydrogens (tertiary/aromatic N) is 3. The van der Waals surface area contributed by atoms with Gasteiger partial charge in [-0.3, -0.25) is 14.4 Å². The third-order valence-electron chi connectivity index (χ3n) is 5.37. The van der Waals surface area contributed by atoms with Gasteiger partial charge in [0.2, 0.25) is 11.8 Å². The third-order valence-corrected chi connectivity index (χ3v) is 5.37. The summed E-state index contributed by atoms with van der Waals surface area (Å²) in [5.74, 6) is 0.114. The molecule has 0 bridgehead atoms. The van der Waals surface area contributed by atoms with Crippen LogP contribution in [-0.4, -0.2) is 65.1 Å². The second-order valence-electron chi connectivity index (χ2n) is 7.20. The summed E-state index contributed by atoms with van der Waals surface area (Å²) < 4.78 is 5.16. The lowest BCUT2D eigenvalue weighted by Gasteiger charge is -2.35. The first-order valence-corrected chi connectivity index (χ1v) is 9.90. The van der Waals surface area contributed by atoms with Crippen LogP contribution in [0.15, 0.2) is 53.1 Å². The number of furan rings is 1. The van der Waals surface area contributed by atoms with E-state index >= 15 is 0 Å². The number of hydrogen-bond acceptors (Lipinski definition) is 4. The Morgan fingerprint density at radius 3 is 2.24 bits per heavy atom. The molecule has 1 saturated heterocycles. The van der Waals surface area contributed by atoms with Crippen molar-refractivity contribution in [3.63, 3.8) is 0 Å². The van der Waals surface area contributed by atoms with Crippen molar-refractivity contribution < 1.29 is 18.8 Å². The fourth-order valence-corrected chi connectivity index (χ4v) is 3.62. The lowest BCUT2D eigenvalue weighted by Crippen LogP contribution is -2.51. The molecule has 154 valence electrons. The molecule has 1 aliphatic heterocycles. The quantitative estimate of drug-likeness (QED) is 0.751. The number of carbonyl (C=O) groups excluding carboxylic acids is 3. The van der Waals surface area contributed by atoms with Gasteiger partial charge in [0.05, 0.1) is 12.3 Å². The lowest BCUT2D eigenvalue weighted by molar-refractivity contribution is -0.135. The Labute approximate surface area is 170 Å². The maximum Gasteiger partial charge on any atom is 0.289 e. The van der Waals surface area contributed by atoms with Gasteiger partial charge in [0.25, 0.3) is 5.91 Å². The molecule has 7 nitrogen and oxygen atoms in total. The van der Waals surface area contributed by atoms with Crippen molar-refractivity contribution >= 4 is 17.7 Å². The van der Waals surface area contributed by atoms with Gasteiger partial charge in [0.1, 0.15) is 0 Å². The number of hydrogen-bond donors (Lipinski definition) is 0. The largest absolute Gasteiger partial charge is 0.459 e. The van der Waals surface area contributed by atoms with E-state index in [1.165, 1.54) is 13.2 Å². The summed E-state index contributed by atoms with van der Waals surface area (Å²) in [5.41, 5.74) is 1.04. The highest BCUT2D eigenvalue weighted by Gasteiger charge is 2.27. The van der Waals surface area contributed by atoms with Crippen molar-refractivity contribution in [2.24, 2.45) is 0 Å². The summed E-state index contributed by atoms with van der Waals surface area (Å²) in [4.78, 5) is 42.3. The van der Waals surface area contributed by atoms with Crippen LogP contribution in [0.5, 0.6) is 0 Å². The molecule has 1 aromatic carbocycles. The minimum absolute atomic E-state index is 0.00149. The molecule has 3 rings (SSSR count). The van der Waals surface area contributed by atoms with E-state index in [9.17, 15) is 14.4 Å². The van der Waals surface area contributed by atoms with Crippen molar-refractivity contribution in [1.29, 1.82) is 0 Å². The predicted molar refractivity (Wildman–Crippen MR) is 108 cm³/mol. The maximum absolute atomic E-state index is 12.7. The first kappa shape index (κ1) is 20.6. The van der Waals surface area contributed by atoms with E-state index in [4.69, 9.17) is 4.42 Å². The molecule has 0 saturated carbocycles. The molecule has 3 amide bonds. The molecule has 29 heavy (non-hydrogen) atoms. The Morgan fingerprint density at radius 2 is 1.66 bits per heavy atom. The van der Waals surface area contributed by atoms with E-state index in [1.54, 1.807) is 26.8 Å². The normalized spacial score (nSPS) is 15.1. The highest BCUT2D eigenvalue weighted by molar-refractivity contribution is 5.91. The van der Waals surface area contributed by atoms with Crippen molar-refractivity contribution in [3.8, 4) is 0 Å². The molecule has 0 aliphatic carbocycles. The Bertz CT molecular complexity index is 827. The zero-order chi connectivity index (χ0) is 20.8. The molecule has 1 unspecified atom stereocenters. The summed E-state index contributed by atoms with van der Waals surface area (Å²) >= 11 is 0. The van der Waals surface area contributed by atoms with Gasteiger partial charge in [-0.05, 0) is 24.6 Å². The maximum atomic E-state index is 12.7. The van der Waals surface area contributed by atoms with Crippen molar-refractivity contribution in [3.05, 3.63) is 60.1 Å². The summed E-state index contributed by atoms with van der Waals surface area (Å²) in [5, 5.41) is 0. The number of piperazine rings is 1. The average molecular weight is 397 g/mol. The highest BCUT2D eigenvalue weighted by Crippen LogP contribution is 2.20. The number of rotatable bonds is 6. The molecule has 0 radical (unpaired) electrons. The molecule has 1 atom stereocenters. The van der Waals surface area contributed by atoms with Gasteiger partial charge in [-0.15, -0.1) is 0 Å². The van der Waals surface area contributed by atoms with Crippen LogP contribution in [-0.2, 0) is 9.59 Å². The van der Waals surface area contributed by atoms with Crippen LogP contribution >= 0.6 is 0 Å². The van der Waals surface area contributed by atoms with E-state index in [0.717, 1.165) is 5.56 Å². The minimum atomic E-state index is -0.151. The minimum Gasteiger partial charge on any atom is -0.459 e. The zero-order valence-corrected chi connectivity index (χ0v) is 16.9. The summed E-state index contributed by atoms with van der Waals surface area (Å²) in [7, 11) is 0. The van der Waals surface area contributed by atoms with Crippen molar-refractivity contribution in [1.82, 2.24) is 14.7 Å². The Morgan fingerprint density at radius 1 is 1.00 bits per heavy atom. The second-order valence-corrected chi connectivity index (χ2v) is 7.20. The van der Waals surface area contributed by atoms with E-state index < -0.39 is 0 Å². The molecule has 7 heteroatoms. The number of carbonyl (C=O) groups is 3. The average Bonchev–Trinajstić information content (AvgIpc) is 3.28. The van der Waals surface area contributed by atoms with Gasteiger partial charge in [0.15, 0.2) is 5.76 Å². The van der Waals surface area contributed by atoms with Crippen LogP contribution in [0.1, 0.15) is 42.4 Å². The first-order valence-electron chi connectivity index (χ1n) is 9.90. The topological polar surface area (TPSA) is 74.1 Å². The molecule has 0 spiro atoms. The highest BCUT2D eigenvalue weighted by atomic mass is 16.3. The lowest BCUT2D eigenvalue weighted by atomic mass is 10.1. The van der Waals surface area contributed by atoms with Gasteiger partial charge in [-0.1, -0.05) is 30.3 Å². The Hall–Kier alpha value is -3.09. The molecule has 2 heterocycles. The van der Waals surface area contributed by atoms with Crippen LogP contribution in [0.25, 0.3) is 0 Å². The summed E-state index contributed by atoms with van der Waals surface area (Å²) in [6.07, 6.45) is 1.74. The smallest absolute Gasteiger partial charge is 0.289 e. The van der Waals surface area contributed by atoms with Crippen LogP contribution in [0.3, 0.4) is 0 Å². The molecular formula is C22H27N3O4. The van der Waals surface area contributed by atoms with E-state index in [1.807, 2.05) is 37.3 Å². The number of amides is 3. The first-order chi connectivity index (χ1) is 14.0. The van der Waals surface area contributed by atoms with Gasteiger partial charge >= 0.3 is 0 Å². The molecule has 1 fully saturated rings. The Kier molecular flexibility index (Phi) is 6.69. The Balaban J connectivity index is 1.51. The van der Waals surface area contributed by atoms with Crippen molar-refractivity contribution in [2.45, 2.75) is 26.3 Å². The molecular weight excluding hydrogens is 370 g/mol. The van der Waals surface area contributed by atoms with Crippen molar-refractivity contribution in [2.75, 3.05) is 32.7 Å². The van der Waals surface area contributed by atoms with Gasteiger partial charge in [-0.2, -0.15) is 0 Å². The molecule has 0 N–H and O–H groups in total. The summed E-state index contributed by atoms with van der Waals surface area (Å²) in [6.45, 7) is 5.79. The van der Waals surface area contributed by atoms with E-state index in [-0.39, 0.29) is 30.2 Å². The monoisotopic (exact) mass is 397 g/mol. The van der Waals surface area contributed by atoms with E-state index in [0.29, 0.717) is 38.5 Å². The molecule has 1 aliphatic rings. The SMILES string of the molecule is CC(=O)N(CCC(=O)N1CCN(C(=O)c2ccco2)CC1)C(C)c1ccccc1. The predicted octanol–water partition coefficient (Wildman–Crippen LogP) is 2.56. The fraction of sp³-hybridized carbons (Fsp3) is 0.409. The summed E-state index contributed by atoms with van der Waals surface area (Å²) in [6, 6.07) is 13.0. The van der Waals surface area contributed by atoms with Crippen LogP contribution < -0.4 is 0 Å². The molecule has 2 aromatic rings. The zero-order valence-electron chi connectivity index (χ0n) is 16.9. The number of benzene rings is 1. The van der Waals surface area contributed by atoms with Gasteiger partial charge in [0, 0.05) is 46.1 Å². The third kappa shape index (κ3) is 5.04. The fourth-order valence-electron chi connectivity index (χ4n) is 3.62. The molecule has 1 aromatic heterocycles. The van der Waals surface area contributed by atoms with E-state index in [2.05, 4.69) is 0 Å². The van der Waals surface area contributed by atoms with Crippen LogP contribution in [0.4, 0.5) is 0 Å². The standard InChI is InChI=1S/C22H27N3O4/c1-17(19-7-4-3-5-8-19)25(18(2)26)11-10-21(27)23-12-14-24(15-13-23)22(28)20-9-6-16-29-20/h3-9,16-17H,10-15H2,1-2H3. The van der Waals surface area contributed by atoms with Crippen LogP contribution in [0.2, 0.25) is 0 Å². The van der Waals surface area contributed by atoms with Gasteiger partial charge in [-0.25, -0.2) is 0 Å². The van der Waals surface area contributed by atoms with Gasteiger partial charge < -0.3 is 19.1 Å². The van der Waals surface area contributed by atoms with Crippen LogP contribution in [0, 0.1) is 0 Å².